The molecule has 32 heavy (non-hydrogen) atoms. The Balaban J connectivity index is 2.01. The first-order valence-corrected chi connectivity index (χ1v) is 10.2. The summed E-state index contributed by atoms with van der Waals surface area (Å²) in [5, 5.41) is 18.5. The first-order chi connectivity index (χ1) is 15.2. The van der Waals surface area contributed by atoms with E-state index in [1.54, 1.807) is 13.2 Å². The van der Waals surface area contributed by atoms with E-state index in [-0.39, 0.29) is 25.2 Å². The zero-order chi connectivity index (χ0) is 23.8. The Bertz CT molecular complexity index is 869. The molecule has 0 fully saturated rings. The van der Waals surface area contributed by atoms with Crippen LogP contribution in [-0.4, -0.2) is 49.8 Å². The SMILES string of the molecule is COc1ccc(CCCOc2ccc(CCC(N)(CO)CO)cc2C(F)(F)F)cc1OC. The molecule has 6 nitrogen and oxygen atoms in total. The van der Waals surface area contributed by atoms with Gasteiger partial charge in [-0.25, -0.2) is 0 Å². The van der Waals surface area contributed by atoms with E-state index >= 15 is 0 Å². The number of methoxy groups -OCH3 is 2. The van der Waals surface area contributed by atoms with Gasteiger partial charge in [-0.15, -0.1) is 0 Å². The fraction of sp³-hybridized carbons (Fsp3) is 0.478. The number of hydrogen-bond acceptors (Lipinski definition) is 6. The number of hydrogen-bond donors (Lipinski definition) is 3. The normalized spacial score (nSPS) is 12.0. The summed E-state index contributed by atoms with van der Waals surface area (Å²) in [4.78, 5) is 0. The van der Waals surface area contributed by atoms with Crippen LogP contribution in [0.5, 0.6) is 17.2 Å². The lowest BCUT2D eigenvalue weighted by Crippen LogP contribution is -2.47. The molecule has 0 saturated heterocycles. The highest BCUT2D eigenvalue weighted by Crippen LogP contribution is 2.37. The summed E-state index contributed by atoms with van der Waals surface area (Å²) >= 11 is 0. The molecule has 2 aromatic rings. The minimum atomic E-state index is -4.58. The fourth-order valence-corrected chi connectivity index (χ4v) is 3.18. The van der Waals surface area contributed by atoms with Crippen LogP contribution in [0.15, 0.2) is 36.4 Å². The van der Waals surface area contributed by atoms with Gasteiger partial charge in [-0.1, -0.05) is 12.1 Å². The summed E-state index contributed by atoms with van der Waals surface area (Å²) in [6.07, 6.45) is -3.15. The van der Waals surface area contributed by atoms with Gasteiger partial charge in [0.25, 0.3) is 0 Å². The van der Waals surface area contributed by atoms with Crippen molar-refractivity contribution in [1.82, 2.24) is 0 Å². The maximum Gasteiger partial charge on any atom is 0.419 e. The molecule has 0 aliphatic carbocycles. The van der Waals surface area contributed by atoms with E-state index in [0.717, 1.165) is 11.6 Å². The predicted molar refractivity (Wildman–Crippen MR) is 114 cm³/mol. The zero-order valence-corrected chi connectivity index (χ0v) is 18.2. The number of aliphatic hydroxyl groups is 2. The topological polar surface area (TPSA) is 94.2 Å². The molecule has 0 aromatic heterocycles. The van der Waals surface area contributed by atoms with Crippen molar-refractivity contribution in [2.75, 3.05) is 34.0 Å². The van der Waals surface area contributed by atoms with Crippen molar-refractivity contribution in [3.8, 4) is 17.2 Å². The Labute approximate surface area is 185 Å². The molecule has 0 amide bonds. The molecule has 0 spiro atoms. The predicted octanol–water partition coefficient (Wildman–Crippen LogP) is 3.35. The molecule has 0 unspecified atom stereocenters. The van der Waals surface area contributed by atoms with Crippen molar-refractivity contribution in [1.29, 1.82) is 0 Å². The van der Waals surface area contributed by atoms with Crippen LogP contribution in [0.1, 0.15) is 29.5 Å². The molecule has 0 heterocycles. The Morgan fingerprint density at radius 1 is 0.844 bits per heavy atom. The Morgan fingerprint density at radius 2 is 1.44 bits per heavy atom. The molecular weight excluding hydrogens is 427 g/mol. The maximum absolute atomic E-state index is 13.6. The van der Waals surface area contributed by atoms with Crippen LogP contribution in [0.2, 0.25) is 0 Å². The van der Waals surface area contributed by atoms with Crippen LogP contribution in [-0.2, 0) is 19.0 Å². The highest BCUT2D eigenvalue weighted by Gasteiger charge is 2.35. The van der Waals surface area contributed by atoms with E-state index in [9.17, 15) is 23.4 Å². The average Bonchev–Trinajstić information content (AvgIpc) is 2.79. The van der Waals surface area contributed by atoms with Gasteiger partial charge in [-0.2, -0.15) is 13.2 Å². The second-order valence-electron chi connectivity index (χ2n) is 7.65. The van der Waals surface area contributed by atoms with Gasteiger partial charge in [0.2, 0.25) is 0 Å². The third-order valence-electron chi connectivity index (χ3n) is 5.21. The van der Waals surface area contributed by atoms with Crippen LogP contribution in [0, 0.1) is 0 Å². The van der Waals surface area contributed by atoms with Gasteiger partial charge in [0.1, 0.15) is 5.75 Å². The molecule has 178 valence electrons. The molecular formula is C23H30F3NO5. The maximum atomic E-state index is 13.6. The van der Waals surface area contributed by atoms with E-state index in [1.807, 2.05) is 12.1 Å². The van der Waals surface area contributed by atoms with Crippen molar-refractivity contribution >= 4 is 0 Å². The van der Waals surface area contributed by atoms with Crippen LogP contribution < -0.4 is 19.9 Å². The molecule has 0 aliphatic rings. The zero-order valence-electron chi connectivity index (χ0n) is 18.2. The second kappa shape index (κ2) is 11.4. The molecule has 0 radical (unpaired) electrons. The van der Waals surface area contributed by atoms with Gasteiger partial charge in [0.05, 0.1) is 45.1 Å². The van der Waals surface area contributed by atoms with Gasteiger partial charge < -0.3 is 30.2 Å². The Kier molecular flexibility index (Phi) is 9.18. The molecule has 0 atom stereocenters. The van der Waals surface area contributed by atoms with Crippen LogP contribution in [0.25, 0.3) is 0 Å². The highest BCUT2D eigenvalue weighted by atomic mass is 19.4. The summed E-state index contributed by atoms with van der Waals surface area (Å²) in [7, 11) is 3.08. The summed E-state index contributed by atoms with van der Waals surface area (Å²) in [5.74, 6) is 0.953. The fourth-order valence-electron chi connectivity index (χ4n) is 3.18. The van der Waals surface area contributed by atoms with Crippen molar-refractivity contribution in [2.45, 2.75) is 37.4 Å². The number of halogens is 3. The second-order valence-corrected chi connectivity index (χ2v) is 7.65. The van der Waals surface area contributed by atoms with E-state index in [2.05, 4.69) is 0 Å². The van der Waals surface area contributed by atoms with Gasteiger partial charge in [0, 0.05) is 0 Å². The Morgan fingerprint density at radius 3 is 2.00 bits per heavy atom. The summed E-state index contributed by atoms with van der Waals surface area (Å²) < 4.78 is 56.6. The average molecular weight is 457 g/mol. The molecule has 9 heteroatoms. The molecule has 4 N–H and O–H groups in total. The van der Waals surface area contributed by atoms with Gasteiger partial charge in [0.15, 0.2) is 11.5 Å². The first kappa shape index (κ1) is 25.8. The standard InChI is InChI=1S/C23H30F3NO5/c1-30-20-8-6-16(13-21(20)31-2)4-3-11-32-19-7-5-17(12-18(19)23(24,25)26)9-10-22(27,14-28)15-29/h5-8,12-13,28-29H,3-4,9-11,14-15,27H2,1-2H3. The lowest BCUT2D eigenvalue weighted by Gasteiger charge is -2.24. The van der Waals surface area contributed by atoms with Crippen LogP contribution in [0.4, 0.5) is 13.2 Å². The van der Waals surface area contributed by atoms with Crippen LogP contribution >= 0.6 is 0 Å². The van der Waals surface area contributed by atoms with Crippen LogP contribution in [0.3, 0.4) is 0 Å². The minimum Gasteiger partial charge on any atom is -0.493 e. The van der Waals surface area contributed by atoms with Gasteiger partial charge in [-0.05, 0) is 61.1 Å². The van der Waals surface area contributed by atoms with Crippen molar-refractivity contribution < 1.29 is 37.6 Å². The molecule has 2 rings (SSSR count). The summed E-state index contributed by atoms with van der Waals surface area (Å²) in [6.45, 7) is -0.814. The number of aryl methyl sites for hydroxylation is 2. The third kappa shape index (κ3) is 7.01. The first-order valence-electron chi connectivity index (χ1n) is 10.2. The van der Waals surface area contributed by atoms with Gasteiger partial charge >= 0.3 is 6.18 Å². The molecule has 0 saturated carbocycles. The minimum absolute atomic E-state index is 0.109. The van der Waals surface area contributed by atoms with Crippen molar-refractivity contribution in [2.24, 2.45) is 5.73 Å². The number of alkyl halides is 3. The molecule has 0 aliphatic heterocycles. The highest BCUT2D eigenvalue weighted by molar-refractivity contribution is 5.43. The quantitative estimate of drug-likeness (QED) is 0.423. The molecule has 2 aromatic carbocycles. The summed E-state index contributed by atoms with van der Waals surface area (Å²) in [6, 6.07) is 9.33. The number of nitrogens with two attached hydrogens (primary N) is 1. The molecule has 0 bridgehead atoms. The lowest BCUT2D eigenvalue weighted by molar-refractivity contribution is -0.139. The summed E-state index contributed by atoms with van der Waals surface area (Å²) in [5.41, 5.74) is 5.05. The smallest absolute Gasteiger partial charge is 0.419 e. The third-order valence-corrected chi connectivity index (χ3v) is 5.21. The number of rotatable bonds is 12. The Hall–Kier alpha value is -2.49. The van der Waals surface area contributed by atoms with Crippen molar-refractivity contribution in [3.63, 3.8) is 0 Å². The number of benzene rings is 2. The largest absolute Gasteiger partial charge is 0.493 e. The number of ether oxygens (including phenoxy) is 3. The van der Waals surface area contributed by atoms with E-state index in [4.69, 9.17) is 19.9 Å². The van der Waals surface area contributed by atoms with Gasteiger partial charge in [-0.3, -0.25) is 0 Å². The van der Waals surface area contributed by atoms with E-state index < -0.39 is 30.5 Å². The lowest BCUT2D eigenvalue weighted by atomic mass is 9.93. The monoisotopic (exact) mass is 457 g/mol. The van der Waals surface area contributed by atoms with E-state index in [1.165, 1.54) is 19.2 Å². The number of aliphatic hydroxyl groups excluding tert-OH is 2. The van der Waals surface area contributed by atoms with E-state index in [0.29, 0.717) is 29.9 Å². The van der Waals surface area contributed by atoms with Crippen molar-refractivity contribution in [3.05, 3.63) is 53.1 Å².